The van der Waals surface area contributed by atoms with Crippen LogP contribution in [0.25, 0.3) is 0 Å². The third-order valence-corrected chi connectivity index (χ3v) is 3.76. The van der Waals surface area contributed by atoms with Gasteiger partial charge in [-0.1, -0.05) is 6.92 Å². The Labute approximate surface area is 106 Å². The van der Waals surface area contributed by atoms with Gasteiger partial charge in [0.25, 0.3) is 0 Å². The van der Waals surface area contributed by atoms with Crippen molar-refractivity contribution in [2.24, 2.45) is 0 Å². The fourth-order valence-corrected chi connectivity index (χ4v) is 2.95. The van der Waals surface area contributed by atoms with Gasteiger partial charge >= 0.3 is 12.0 Å². The minimum absolute atomic E-state index is 0.0995. The van der Waals surface area contributed by atoms with E-state index in [4.69, 9.17) is 5.11 Å². The van der Waals surface area contributed by atoms with Crippen molar-refractivity contribution in [3.63, 3.8) is 0 Å². The lowest BCUT2D eigenvalue weighted by Gasteiger charge is -2.32. The highest BCUT2D eigenvalue weighted by atomic mass is 32.2. The molecule has 5 nitrogen and oxygen atoms in total. The van der Waals surface area contributed by atoms with Crippen LogP contribution in [0.2, 0.25) is 0 Å². The Bertz CT molecular complexity index is 296. The number of carbonyl (C=O) groups excluding carboxylic acids is 1. The second kappa shape index (κ2) is 6.14. The predicted octanol–water partition coefficient (Wildman–Crippen LogP) is 1.69. The van der Waals surface area contributed by atoms with Gasteiger partial charge in [-0.05, 0) is 20.3 Å². The van der Waals surface area contributed by atoms with E-state index in [9.17, 15) is 9.59 Å². The molecule has 0 aromatic heterocycles. The molecule has 0 saturated carbocycles. The highest BCUT2D eigenvalue weighted by molar-refractivity contribution is 7.99. The zero-order valence-electron chi connectivity index (χ0n) is 10.5. The maximum Gasteiger partial charge on any atom is 0.327 e. The second-order valence-corrected chi connectivity index (χ2v) is 5.39. The summed E-state index contributed by atoms with van der Waals surface area (Å²) < 4.78 is 0. The molecule has 1 atom stereocenters. The first-order chi connectivity index (χ1) is 7.99. The van der Waals surface area contributed by atoms with Crippen molar-refractivity contribution >= 4 is 23.8 Å². The number of carboxylic acids is 1. The van der Waals surface area contributed by atoms with E-state index in [0.717, 1.165) is 6.42 Å². The molecule has 1 aliphatic heterocycles. The van der Waals surface area contributed by atoms with Crippen LogP contribution in [0, 0.1) is 0 Å². The number of nitrogens with zero attached hydrogens (tertiary/aromatic N) is 2. The highest BCUT2D eigenvalue weighted by Gasteiger charge is 2.37. The Morgan fingerprint density at radius 2 is 2.18 bits per heavy atom. The van der Waals surface area contributed by atoms with Crippen molar-refractivity contribution in [2.45, 2.75) is 39.3 Å². The molecule has 0 unspecified atom stereocenters. The van der Waals surface area contributed by atoms with Gasteiger partial charge in [0.1, 0.15) is 6.04 Å². The number of thioether (sulfide) groups is 1. The Morgan fingerprint density at radius 3 is 2.65 bits per heavy atom. The van der Waals surface area contributed by atoms with Crippen LogP contribution in [0.3, 0.4) is 0 Å². The Kier molecular flexibility index (Phi) is 5.11. The Morgan fingerprint density at radius 1 is 1.53 bits per heavy atom. The third-order valence-electron chi connectivity index (χ3n) is 2.75. The highest BCUT2D eigenvalue weighted by Crippen LogP contribution is 2.23. The normalized spacial score (nSPS) is 19.8. The molecule has 1 heterocycles. The lowest BCUT2D eigenvalue weighted by Crippen LogP contribution is -2.51. The van der Waals surface area contributed by atoms with E-state index in [1.54, 1.807) is 4.90 Å². The molecule has 1 fully saturated rings. The minimum Gasteiger partial charge on any atom is -0.480 e. The monoisotopic (exact) mass is 260 g/mol. The summed E-state index contributed by atoms with van der Waals surface area (Å²) in [5.41, 5.74) is 0. The minimum atomic E-state index is -0.913. The molecule has 6 heteroatoms. The first kappa shape index (κ1) is 14.2. The topological polar surface area (TPSA) is 60.9 Å². The zero-order valence-corrected chi connectivity index (χ0v) is 11.4. The van der Waals surface area contributed by atoms with Crippen LogP contribution in [-0.2, 0) is 4.79 Å². The van der Waals surface area contributed by atoms with Crippen LogP contribution < -0.4 is 0 Å². The molecule has 17 heavy (non-hydrogen) atoms. The zero-order chi connectivity index (χ0) is 13.0. The number of urea groups is 1. The number of carboxylic acid groups (broad SMARTS) is 1. The smallest absolute Gasteiger partial charge is 0.327 e. The lowest BCUT2D eigenvalue weighted by atomic mass is 10.2. The fourth-order valence-electron chi connectivity index (χ4n) is 1.82. The summed E-state index contributed by atoms with van der Waals surface area (Å²) in [6.45, 7) is 6.58. The molecule has 0 radical (unpaired) electrons. The van der Waals surface area contributed by atoms with Crippen LogP contribution in [0.1, 0.15) is 27.2 Å². The van der Waals surface area contributed by atoms with Crippen molar-refractivity contribution in [1.82, 2.24) is 9.80 Å². The van der Waals surface area contributed by atoms with Crippen LogP contribution in [0.4, 0.5) is 4.79 Å². The summed E-state index contributed by atoms with van der Waals surface area (Å²) in [5.74, 6) is 0.0468. The molecule has 0 aliphatic carbocycles. The van der Waals surface area contributed by atoms with E-state index in [2.05, 4.69) is 0 Å². The number of amides is 2. The maximum absolute atomic E-state index is 12.3. The molecule has 98 valence electrons. The molecule has 0 aromatic rings. The average molecular weight is 260 g/mol. The number of rotatable bonds is 4. The van der Waals surface area contributed by atoms with Gasteiger partial charge in [0.2, 0.25) is 0 Å². The quantitative estimate of drug-likeness (QED) is 0.835. The molecule has 0 aromatic carbocycles. The van der Waals surface area contributed by atoms with Crippen LogP contribution in [-0.4, -0.2) is 57.2 Å². The van der Waals surface area contributed by atoms with Crippen LogP contribution in [0.15, 0.2) is 0 Å². The molecule has 2 amide bonds. The van der Waals surface area contributed by atoms with Crippen LogP contribution >= 0.6 is 11.8 Å². The first-order valence-electron chi connectivity index (χ1n) is 5.86. The van der Waals surface area contributed by atoms with E-state index in [0.29, 0.717) is 18.2 Å². The van der Waals surface area contributed by atoms with Gasteiger partial charge < -0.3 is 14.9 Å². The third kappa shape index (κ3) is 3.28. The van der Waals surface area contributed by atoms with E-state index in [1.165, 1.54) is 16.7 Å². The van der Waals surface area contributed by atoms with E-state index < -0.39 is 12.0 Å². The van der Waals surface area contributed by atoms with Crippen molar-refractivity contribution in [2.75, 3.05) is 18.2 Å². The van der Waals surface area contributed by atoms with Crippen molar-refractivity contribution in [3.8, 4) is 0 Å². The van der Waals surface area contributed by atoms with Gasteiger partial charge in [0, 0.05) is 18.3 Å². The van der Waals surface area contributed by atoms with Gasteiger partial charge in [0.05, 0.1) is 5.88 Å². The van der Waals surface area contributed by atoms with Gasteiger partial charge in [-0.2, -0.15) is 0 Å². The summed E-state index contributed by atoms with van der Waals surface area (Å²) >= 11 is 1.49. The van der Waals surface area contributed by atoms with Gasteiger partial charge in [-0.15, -0.1) is 11.8 Å². The van der Waals surface area contributed by atoms with Crippen molar-refractivity contribution < 1.29 is 14.7 Å². The van der Waals surface area contributed by atoms with E-state index in [1.807, 2.05) is 20.8 Å². The van der Waals surface area contributed by atoms with Gasteiger partial charge in [0.15, 0.2) is 0 Å². The van der Waals surface area contributed by atoms with Crippen LogP contribution in [0.5, 0.6) is 0 Å². The molecular formula is C11H20N2O3S. The number of hydrogen-bond donors (Lipinski definition) is 1. The average Bonchev–Trinajstić information content (AvgIpc) is 2.73. The van der Waals surface area contributed by atoms with Gasteiger partial charge in [-0.25, -0.2) is 9.59 Å². The number of aliphatic carboxylic acids is 1. The lowest BCUT2D eigenvalue weighted by molar-refractivity contribution is -0.141. The molecule has 0 spiro atoms. The molecule has 1 aliphatic rings. The van der Waals surface area contributed by atoms with Gasteiger partial charge in [-0.3, -0.25) is 0 Å². The molecule has 0 bridgehead atoms. The standard InChI is InChI=1S/C11H20N2O3S/c1-4-5-12(8(2)3)11(16)13-7-17-6-9(13)10(14)15/h8-9H,4-7H2,1-3H3,(H,14,15)/t9-/m0/s1. The molecule has 1 rings (SSSR count). The predicted molar refractivity (Wildman–Crippen MR) is 68.1 cm³/mol. The summed E-state index contributed by atoms with van der Waals surface area (Å²) in [6, 6.07) is -0.729. The summed E-state index contributed by atoms with van der Waals surface area (Å²) in [6.07, 6.45) is 0.878. The van der Waals surface area contributed by atoms with E-state index >= 15 is 0 Å². The Hall–Kier alpha value is -0.910. The Balaban J connectivity index is 2.75. The number of hydrogen-bond acceptors (Lipinski definition) is 3. The maximum atomic E-state index is 12.3. The molecular weight excluding hydrogens is 240 g/mol. The van der Waals surface area contributed by atoms with Crippen molar-refractivity contribution in [1.29, 1.82) is 0 Å². The summed E-state index contributed by atoms with van der Waals surface area (Å²) in [4.78, 5) is 26.5. The molecule has 1 saturated heterocycles. The first-order valence-corrected chi connectivity index (χ1v) is 7.02. The summed E-state index contributed by atoms with van der Waals surface area (Å²) in [5, 5.41) is 9.06. The second-order valence-electron chi connectivity index (χ2n) is 4.39. The summed E-state index contributed by atoms with van der Waals surface area (Å²) in [7, 11) is 0. The number of carbonyl (C=O) groups is 2. The largest absolute Gasteiger partial charge is 0.480 e. The van der Waals surface area contributed by atoms with Crippen molar-refractivity contribution in [3.05, 3.63) is 0 Å². The van der Waals surface area contributed by atoms with E-state index in [-0.39, 0.29) is 12.1 Å². The SMILES string of the molecule is CCCN(C(=O)N1CSC[C@H]1C(=O)O)C(C)C. The fraction of sp³-hybridized carbons (Fsp3) is 0.818. The molecule has 1 N–H and O–H groups in total.